The molecule has 2 heterocycles. The van der Waals surface area contributed by atoms with Crippen molar-refractivity contribution in [2.45, 2.75) is 31.8 Å². The van der Waals surface area contributed by atoms with Gasteiger partial charge in [-0.3, -0.25) is 9.80 Å². The smallest absolute Gasteiger partial charge is 0.141 e. The molecule has 2 aliphatic heterocycles. The summed E-state index contributed by atoms with van der Waals surface area (Å²) in [4.78, 5) is 7.51. The quantitative estimate of drug-likeness (QED) is 0.818. The van der Waals surface area contributed by atoms with Crippen LogP contribution in [0.1, 0.15) is 24.8 Å². The highest BCUT2D eigenvalue weighted by molar-refractivity contribution is 6.30. The van der Waals surface area contributed by atoms with Crippen LogP contribution in [0.25, 0.3) is 0 Å². The Bertz CT molecular complexity index is 580. The number of piperidine rings is 1. The average molecular weight is 384 g/mol. The van der Waals surface area contributed by atoms with E-state index in [0.29, 0.717) is 12.0 Å². The molecule has 3 rings (SSSR count). The van der Waals surface area contributed by atoms with Gasteiger partial charge in [-0.2, -0.15) is 0 Å². The molecule has 0 aliphatic carbocycles. The molecule has 0 radical (unpaired) electrons. The predicted octanol–water partition coefficient (Wildman–Crippen LogP) is 2.69. The Kier molecular flexibility index (Phi) is 7.29. The number of piperazine rings is 1. The molecule has 6 heteroatoms. The van der Waals surface area contributed by atoms with E-state index < -0.39 is 0 Å². The van der Waals surface area contributed by atoms with Gasteiger partial charge in [-0.25, -0.2) is 4.39 Å². The first-order valence-electron chi connectivity index (χ1n) is 9.76. The van der Waals surface area contributed by atoms with Crippen LogP contribution in [-0.4, -0.2) is 78.8 Å². The zero-order chi connectivity index (χ0) is 18.5. The second kappa shape index (κ2) is 9.47. The van der Waals surface area contributed by atoms with Gasteiger partial charge in [-0.15, -0.1) is 0 Å². The Morgan fingerprint density at radius 2 is 1.96 bits per heavy atom. The van der Waals surface area contributed by atoms with Crippen molar-refractivity contribution in [3.63, 3.8) is 0 Å². The van der Waals surface area contributed by atoms with E-state index in [2.05, 4.69) is 21.7 Å². The third-order valence-electron chi connectivity index (χ3n) is 5.91. The van der Waals surface area contributed by atoms with Crippen molar-refractivity contribution in [3.05, 3.63) is 34.6 Å². The van der Waals surface area contributed by atoms with E-state index in [0.717, 1.165) is 70.6 Å². The summed E-state index contributed by atoms with van der Waals surface area (Å²) < 4.78 is 13.4. The molecule has 0 bridgehead atoms. The number of rotatable bonds is 6. The molecule has 0 unspecified atom stereocenters. The van der Waals surface area contributed by atoms with E-state index in [-0.39, 0.29) is 17.4 Å². The molecule has 0 spiro atoms. The van der Waals surface area contributed by atoms with Crippen LogP contribution in [0.5, 0.6) is 0 Å². The summed E-state index contributed by atoms with van der Waals surface area (Å²) in [6, 6.07) is 5.64. The van der Waals surface area contributed by atoms with Crippen molar-refractivity contribution in [3.8, 4) is 0 Å². The standard InChI is InChI=1S/C20H31ClFN3O/c1-23-8-10-25(11-9-23)20-6-7-24(15-17(20)3-2-12-26)14-16-4-5-19(22)18(21)13-16/h4-5,13,17,20,26H,2-3,6-12,14-15H2,1H3/t17-,20+/m0/s1. The van der Waals surface area contributed by atoms with Gasteiger partial charge in [0, 0.05) is 51.9 Å². The first kappa shape index (κ1) is 20.0. The molecule has 0 aromatic heterocycles. The maximum absolute atomic E-state index is 13.4. The molecule has 2 fully saturated rings. The van der Waals surface area contributed by atoms with Gasteiger partial charge >= 0.3 is 0 Å². The third kappa shape index (κ3) is 5.17. The van der Waals surface area contributed by atoms with Crippen LogP contribution in [-0.2, 0) is 6.54 Å². The zero-order valence-corrected chi connectivity index (χ0v) is 16.5. The van der Waals surface area contributed by atoms with E-state index in [9.17, 15) is 9.50 Å². The molecule has 26 heavy (non-hydrogen) atoms. The minimum Gasteiger partial charge on any atom is -0.396 e. The van der Waals surface area contributed by atoms with Crippen molar-refractivity contribution < 1.29 is 9.50 Å². The van der Waals surface area contributed by atoms with E-state index >= 15 is 0 Å². The van der Waals surface area contributed by atoms with Gasteiger partial charge in [0.15, 0.2) is 0 Å². The SMILES string of the molecule is CN1CCN([C@@H]2CCN(Cc3ccc(F)c(Cl)c3)C[C@@H]2CCCO)CC1. The van der Waals surface area contributed by atoms with Crippen LogP contribution < -0.4 is 0 Å². The molecule has 2 saturated heterocycles. The van der Waals surface area contributed by atoms with Crippen LogP contribution in [0.15, 0.2) is 18.2 Å². The number of likely N-dealkylation sites (tertiary alicyclic amines) is 1. The van der Waals surface area contributed by atoms with Gasteiger partial charge in [0.05, 0.1) is 5.02 Å². The summed E-state index contributed by atoms with van der Waals surface area (Å²) in [6.07, 6.45) is 3.09. The van der Waals surface area contributed by atoms with Gasteiger partial charge in [-0.1, -0.05) is 17.7 Å². The molecule has 146 valence electrons. The van der Waals surface area contributed by atoms with E-state index in [1.165, 1.54) is 6.07 Å². The van der Waals surface area contributed by atoms with Crippen molar-refractivity contribution in [2.75, 3.05) is 52.9 Å². The van der Waals surface area contributed by atoms with Gasteiger partial charge < -0.3 is 10.0 Å². The Hall–Kier alpha value is -0.720. The Morgan fingerprint density at radius 3 is 2.65 bits per heavy atom. The first-order chi connectivity index (χ1) is 12.6. The van der Waals surface area contributed by atoms with E-state index in [4.69, 9.17) is 11.6 Å². The fourth-order valence-corrected chi connectivity index (χ4v) is 4.61. The first-order valence-corrected chi connectivity index (χ1v) is 10.1. The number of likely N-dealkylation sites (N-methyl/N-ethyl adjacent to an activating group) is 1. The van der Waals surface area contributed by atoms with Crippen molar-refractivity contribution in [2.24, 2.45) is 5.92 Å². The molecule has 1 N–H and O–H groups in total. The highest BCUT2D eigenvalue weighted by Gasteiger charge is 2.33. The second-order valence-corrected chi connectivity index (χ2v) is 8.21. The minimum absolute atomic E-state index is 0.201. The average Bonchev–Trinajstić information content (AvgIpc) is 2.64. The minimum atomic E-state index is -0.356. The lowest BCUT2D eigenvalue weighted by molar-refractivity contribution is 0.0212. The molecule has 0 amide bonds. The number of aliphatic hydroxyl groups excluding tert-OH is 1. The molecule has 1 aromatic rings. The molecule has 2 atom stereocenters. The summed E-state index contributed by atoms with van der Waals surface area (Å²) in [5.41, 5.74) is 1.07. The van der Waals surface area contributed by atoms with E-state index in [1.807, 2.05) is 6.07 Å². The van der Waals surface area contributed by atoms with Crippen molar-refractivity contribution in [1.29, 1.82) is 0 Å². The predicted molar refractivity (Wildman–Crippen MR) is 104 cm³/mol. The molecule has 1 aromatic carbocycles. The lowest BCUT2D eigenvalue weighted by Gasteiger charge is -2.46. The second-order valence-electron chi connectivity index (χ2n) is 7.80. The highest BCUT2D eigenvalue weighted by Crippen LogP contribution is 2.28. The summed E-state index contributed by atoms with van der Waals surface area (Å²) in [7, 11) is 2.19. The largest absolute Gasteiger partial charge is 0.396 e. The number of aliphatic hydroxyl groups is 1. The third-order valence-corrected chi connectivity index (χ3v) is 6.20. The number of halogens is 2. The van der Waals surface area contributed by atoms with Crippen molar-refractivity contribution in [1.82, 2.24) is 14.7 Å². The molecular formula is C20H31ClFN3O. The number of benzene rings is 1. The number of nitrogens with zero attached hydrogens (tertiary/aromatic N) is 3. The molecule has 0 saturated carbocycles. The summed E-state index contributed by atoms with van der Waals surface area (Å²) in [5.74, 6) is 0.222. The normalized spacial score (nSPS) is 26.3. The van der Waals surface area contributed by atoms with Gasteiger partial charge in [0.1, 0.15) is 5.82 Å². The van der Waals surface area contributed by atoms with Gasteiger partial charge in [0.25, 0.3) is 0 Å². The maximum atomic E-state index is 13.4. The summed E-state index contributed by atoms with van der Waals surface area (Å²) >= 11 is 5.93. The van der Waals surface area contributed by atoms with Crippen LogP contribution in [0.4, 0.5) is 4.39 Å². The van der Waals surface area contributed by atoms with Gasteiger partial charge in [-0.05, 0) is 56.5 Å². The van der Waals surface area contributed by atoms with Crippen molar-refractivity contribution >= 4 is 11.6 Å². The maximum Gasteiger partial charge on any atom is 0.141 e. The molecular weight excluding hydrogens is 353 g/mol. The molecule has 2 aliphatic rings. The highest BCUT2D eigenvalue weighted by atomic mass is 35.5. The van der Waals surface area contributed by atoms with Gasteiger partial charge in [0.2, 0.25) is 0 Å². The Labute approximate surface area is 161 Å². The van der Waals surface area contributed by atoms with Crippen LogP contribution in [0.2, 0.25) is 5.02 Å². The Morgan fingerprint density at radius 1 is 1.19 bits per heavy atom. The fraction of sp³-hybridized carbons (Fsp3) is 0.700. The number of hydrogen-bond donors (Lipinski definition) is 1. The fourth-order valence-electron chi connectivity index (χ4n) is 4.41. The Balaban J connectivity index is 1.62. The topological polar surface area (TPSA) is 30.0 Å². The molecule has 4 nitrogen and oxygen atoms in total. The lowest BCUT2D eigenvalue weighted by Crippen LogP contribution is -2.56. The summed E-state index contributed by atoms with van der Waals surface area (Å²) in [5, 5.41) is 9.50. The van der Waals surface area contributed by atoms with Crippen LogP contribution in [0.3, 0.4) is 0 Å². The summed E-state index contributed by atoms with van der Waals surface area (Å²) in [6.45, 7) is 7.73. The van der Waals surface area contributed by atoms with E-state index in [1.54, 1.807) is 6.07 Å². The lowest BCUT2D eigenvalue weighted by atomic mass is 9.86. The monoisotopic (exact) mass is 383 g/mol. The number of hydrogen-bond acceptors (Lipinski definition) is 4. The van der Waals surface area contributed by atoms with Crippen LogP contribution in [0, 0.1) is 11.7 Å². The zero-order valence-electron chi connectivity index (χ0n) is 15.7. The van der Waals surface area contributed by atoms with Crippen LogP contribution >= 0.6 is 11.6 Å².